The molecule has 0 aliphatic heterocycles. The molecule has 3 unspecified atom stereocenters. The number of benzene rings is 6. The molecule has 3 amide bonds. The monoisotopic (exact) mass is 1010 g/mol. The van der Waals surface area contributed by atoms with Crippen molar-refractivity contribution < 1.29 is 69.6 Å². The third-order valence-electron chi connectivity index (χ3n) is 11.1. The second-order valence-corrected chi connectivity index (χ2v) is 16.5. The topological polar surface area (TPSA) is 194 Å². The Morgan fingerprint density at radius 1 is 0.589 bits per heavy atom. The Morgan fingerprint density at radius 2 is 1.14 bits per heavy atom. The summed E-state index contributed by atoms with van der Waals surface area (Å²) in [5, 5.41) is 7.75. The lowest BCUT2D eigenvalue weighted by molar-refractivity contribution is -0.141. The second-order valence-electron chi connectivity index (χ2n) is 16.5. The highest BCUT2D eigenvalue weighted by atomic mass is 19.2. The first-order valence-corrected chi connectivity index (χ1v) is 22.9. The van der Waals surface area contributed by atoms with Crippen molar-refractivity contribution in [2.24, 2.45) is 5.73 Å². The molecule has 3 atom stereocenters. The van der Waals surface area contributed by atoms with Crippen molar-refractivity contribution in [3.05, 3.63) is 190 Å². The summed E-state index contributed by atoms with van der Waals surface area (Å²) in [5.74, 6) is -16.5. The molecule has 6 aromatic carbocycles. The molecule has 0 heterocycles. The fourth-order valence-corrected chi connectivity index (χ4v) is 7.31. The van der Waals surface area contributed by atoms with Crippen molar-refractivity contribution in [1.82, 2.24) is 16.0 Å². The Labute approximate surface area is 416 Å². The van der Waals surface area contributed by atoms with Crippen LogP contribution in [0.1, 0.15) is 47.1 Å². The minimum atomic E-state index is -2.47. The number of carbonyl (C=O) groups excluding carboxylic acids is 5. The third kappa shape index (κ3) is 16.1. The maximum Gasteiger partial charge on any atom is 0.408 e. The first kappa shape index (κ1) is 54.0. The molecular weight excluding hydrogens is 960 g/mol. The van der Waals surface area contributed by atoms with Crippen molar-refractivity contribution in [2.75, 3.05) is 13.7 Å². The van der Waals surface area contributed by atoms with E-state index in [0.29, 0.717) is 28.7 Å². The number of amides is 3. The predicted molar refractivity (Wildman–Crippen MR) is 256 cm³/mol. The Kier molecular flexibility index (Phi) is 19.8. The molecule has 0 fully saturated rings. The average Bonchev–Trinajstić information content (AvgIpc) is 3.41. The highest BCUT2D eigenvalue weighted by Crippen LogP contribution is 2.32. The molecule has 73 heavy (non-hydrogen) atoms. The van der Waals surface area contributed by atoms with Crippen LogP contribution in [0.5, 0.6) is 11.5 Å². The normalized spacial score (nSPS) is 12.1. The molecule has 0 saturated carbocycles. The number of hydrogen-bond acceptors (Lipinski definition) is 11. The van der Waals surface area contributed by atoms with Gasteiger partial charge in [0.05, 0.1) is 19.6 Å². The zero-order valence-electron chi connectivity index (χ0n) is 39.3. The van der Waals surface area contributed by atoms with Gasteiger partial charge in [-0.1, -0.05) is 121 Å². The molecule has 5 N–H and O–H groups in total. The Hall–Kier alpha value is -8.32. The van der Waals surface area contributed by atoms with E-state index in [1.165, 1.54) is 7.11 Å². The standard InChI is InChI=1S/C54H51F5N4O10/c1-69-44(64)29-40(62-51(65)41(60)21-12-24-61-53(67)71-31-34-15-7-3-8-16-34)26-36-19-11-20-37(25-36)38-22-23-43(70-30-33-13-5-2-6-14-33)39(27-38)28-42(63-54(68)72-32-35-17-9-4-10-18-35)52(66)73-50-48(58)46(56)45(55)47(57)49(50)59/h2-11,13-20,22-23,25,27,40-42H,12,21,24,26,28-32,60H2,1H3,(H,61,67)(H,62,65)(H,63,68). The van der Waals surface area contributed by atoms with Crippen molar-refractivity contribution in [3.8, 4) is 22.6 Å². The maximum atomic E-state index is 14.8. The van der Waals surface area contributed by atoms with Crippen LogP contribution in [0.2, 0.25) is 0 Å². The Bertz CT molecular complexity index is 2820. The molecule has 19 heteroatoms. The summed E-state index contributed by atoms with van der Waals surface area (Å²) in [6, 6.07) is 34.7. The molecule has 0 bridgehead atoms. The van der Waals surface area contributed by atoms with Gasteiger partial charge in [0.25, 0.3) is 0 Å². The summed E-state index contributed by atoms with van der Waals surface area (Å²) in [6.45, 7) is 0.0309. The molecule has 0 aliphatic rings. The maximum absolute atomic E-state index is 14.8. The molecule has 382 valence electrons. The lowest BCUT2D eigenvalue weighted by Crippen LogP contribution is -2.47. The van der Waals surface area contributed by atoms with Crippen LogP contribution in [0.4, 0.5) is 31.5 Å². The van der Waals surface area contributed by atoms with E-state index in [1.54, 1.807) is 103 Å². The quantitative estimate of drug-likeness (QED) is 0.00913. The number of halogens is 5. The van der Waals surface area contributed by atoms with E-state index < -0.39 is 89.4 Å². The van der Waals surface area contributed by atoms with E-state index in [2.05, 4.69) is 16.0 Å². The summed E-state index contributed by atoms with van der Waals surface area (Å²) >= 11 is 0. The summed E-state index contributed by atoms with van der Waals surface area (Å²) in [4.78, 5) is 65.1. The zero-order chi connectivity index (χ0) is 52.3. The zero-order valence-corrected chi connectivity index (χ0v) is 39.3. The third-order valence-corrected chi connectivity index (χ3v) is 11.1. The van der Waals surface area contributed by atoms with Crippen molar-refractivity contribution in [2.45, 2.75) is 70.1 Å². The number of rotatable bonds is 23. The summed E-state index contributed by atoms with van der Waals surface area (Å²) in [5.41, 5.74) is 10.3. The van der Waals surface area contributed by atoms with Crippen LogP contribution >= 0.6 is 0 Å². The summed E-state index contributed by atoms with van der Waals surface area (Å²) in [7, 11) is 1.21. The first-order chi connectivity index (χ1) is 35.2. The van der Waals surface area contributed by atoms with Gasteiger partial charge in [-0.25, -0.2) is 27.6 Å². The minimum Gasteiger partial charge on any atom is -0.489 e. The number of nitrogens with one attached hydrogen (secondary N) is 3. The van der Waals surface area contributed by atoms with Crippen LogP contribution in [-0.2, 0) is 61.3 Å². The number of carbonyl (C=O) groups is 5. The molecule has 0 saturated heterocycles. The van der Waals surface area contributed by atoms with E-state index in [4.69, 9.17) is 29.4 Å². The van der Waals surface area contributed by atoms with Crippen LogP contribution in [0.15, 0.2) is 133 Å². The largest absolute Gasteiger partial charge is 0.489 e. The average molecular weight is 1010 g/mol. The van der Waals surface area contributed by atoms with Gasteiger partial charge in [-0.05, 0) is 70.3 Å². The van der Waals surface area contributed by atoms with Gasteiger partial charge in [-0.15, -0.1) is 0 Å². The Balaban J connectivity index is 1.21. The lowest BCUT2D eigenvalue weighted by atomic mass is 9.95. The van der Waals surface area contributed by atoms with Gasteiger partial charge in [0.15, 0.2) is 0 Å². The smallest absolute Gasteiger partial charge is 0.408 e. The van der Waals surface area contributed by atoms with Gasteiger partial charge in [-0.2, -0.15) is 8.78 Å². The molecular formula is C54H51F5N4O10. The Morgan fingerprint density at radius 3 is 1.74 bits per heavy atom. The number of nitrogens with two attached hydrogens (primary N) is 1. The molecule has 6 rings (SSSR count). The SMILES string of the molecule is COC(=O)CC(Cc1cccc(-c2ccc(OCc3ccccc3)c(CC(NC(=O)OCc3ccccc3)C(=O)Oc3c(F)c(F)c(F)c(F)c3F)c2)c1)NC(=O)C(N)CCCNC(=O)OCc1ccccc1. The molecule has 0 aromatic heterocycles. The highest BCUT2D eigenvalue weighted by molar-refractivity contribution is 5.84. The fraction of sp³-hybridized carbons (Fsp3) is 0.241. The van der Waals surface area contributed by atoms with Gasteiger partial charge < -0.3 is 45.4 Å². The number of esters is 2. The fourth-order valence-electron chi connectivity index (χ4n) is 7.31. The molecule has 0 radical (unpaired) electrons. The number of ether oxygens (including phenoxy) is 5. The number of hydrogen-bond donors (Lipinski definition) is 4. The highest BCUT2D eigenvalue weighted by Gasteiger charge is 2.33. The number of methoxy groups -OCH3 is 1. The van der Waals surface area contributed by atoms with Crippen molar-refractivity contribution in [1.29, 1.82) is 0 Å². The van der Waals surface area contributed by atoms with Gasteiger partial charge in [0.1, 0.15) is 31.6 Å². The van der Waals surface area contributed by atoms with Gasteiger partial charge in [0, 0.05) is 19.0 Å². The summed E-state index contributed by atoms with van der Waals surface area (Å²) < 4.78 is 98.4. The van der Waals surface area contributed by atoms with Crippen molar-refractivity contribution in [3.63, 3.8) is 0 Å². The van der Waals surface area contributed by atoms with E-state index in [0.717, 1.165) is 11.1 Å². The molecule has 6 aromatic rings. The van der Waals surface area contributed by atoms with E-state index in [1.807, 2.05) is 30.3 Å². The van der Waals surface area contributed by atoms with E-state index in [9.17, 15) is 45.9 Å². The second kappa shape index (κ2) is 26.8. The van der Waals surface area contributed by atoms with Crippen LogP contribution in [0.25, 0.3) is 11.1 Å². The number of alkyl carbamates (subject to hydrolysis) is 2. The van der Waals surface area contributed by atoms with Crippen LogP contribution in [-0.4, -0.2) is 61.8 Å². The first-order valence-electron chi connectivity index (χ1n) is 22.9. The molecule has 0 spiro atoms. The van der Waals surface area contributed by atoms with Crippen LogP contribution in [0, 0.1) is 29.1 Å². The van der Waals surface area contributed by atoms with Gasteiger partial charge in [0.2, 0.25) is 40.7 Å². The van der Waals surface area contributed by atoms with Crippen molar-refractivity contribution >= 4 is 30.0 Å². The van der Waals surface area contributed by atoms with Gasteiger partial charge in [-0.3, -0.25) is 9.59 Å². The lowest BCUT2D eigenvalue weighted by Gasteiger charge is -2.21. The van der Waals surface area contributed by atoms with Gasteiger partial charge >= 0.3 is 24.1 Å². The minimum absolute atomic E-state index is 0.0204. The molecule has 14 nitrogen and oxygen atoms in total. The van der Waals surface area contributed by atoms with E-state index in [-0.39, 0.29) is 56.9 Å². The van der Waals surface area contributed by atoms with E-state index >= 15 is 0 Å². The van der Waals surface area contributed by atoms with Crippen LogP contribution in [0.3, 0.4) is 0 Å². The summed E-state index contributed by atoms with van der Waals surface area (Å²) in [6.07, 6.45) is -1.90. The predicted octanol–water partition coefficient (Wildman–Crippen LogP) is 8.70. The van der Waals surface area contributed by atoms with Crippen LogP contribution < -0.4 is 31.2 Å². The molecule has 0 aliphatic carbocycles.